The third-order valence-corrected chi connectivity index (χ3v) is 1.78. The predicted molar refractivity (Wildman–Crippen MR) is 54.1 cm³/mol. The number of carbonyl (C=O) groups is 1. The van der Waals surface area contributed by atoms with Gasteiger partial charge in [0, 0.05) is 12.1 Å². The highest BCUT2D eigenvalue weighted by atomic mass is 19.1. The number of nitro groups is 1. The first kappa shape index (κ1) is 11.8. The first-order valence-electron chi connectivity index (χ1n) is 4.24. The van der Waals surface area contributed by atoms with E-state index in [0.717, 1.165) is 18.2 Å². The minimum absolute atomic E-state index is 0.346. The minimum Gasteiger partial charge on any atom is -0.466 e. The third kappa shape index (κ3) is 2.88. The maximum Gasteiger partial charge on any atom is 0.330 e. The molecule has 5 nitrogen and oxygen atoms in total. The fourth-order valence-electron chi connectivity index (χ4n) is 1.01. The molecule has 16 heavy (non-hydrogen) atoms. The van der Waals surface area contributed by atoms with Gasteiger partial charge in [-0.1, -0.05) is 6.07 Å². The molecule has 0 N–H and O–H groups in total. The Morgan fingerprint density at radius 2 is 2.25 bits per heavy atom. The summed E-state index contributed by atoms with van der Waals surface area (Å²) in [5, 5.41) is 10.4. The van der Waals surface area contributed by atoms with E-state index in [1.165, 1.54) is 19.3 Å². The number of esters is 1. The van der Waals surface area contributed by atoms with Crippen molar-refractivity contribution < 1.29 is 18.8 Å². The monoisotopic (exact) mass is 225 g/mol. The highest BCUT2D eigenvalue weighted by Crippen LogP contribution is 2.19. The Balaban J connectivity index is 2.99. The summed E-state index contributed by atoms with van der Waals surface area (Å²) in [7, 11) is 1.21. The van der Waals surface area contributed by atoms with Crippen molar-refractivity contribution in [3.8, 4) is 0 Å². The van der Waals surface area contributed by atoms with Crippen LogP contribution in [0.3, 0.4) is 0 Å². The smallest absolute Gasteiger partial charge is 0.330 e. The summed E-state index contributed by atoms with van der Waals surface area (Å²) in [5.41, 5.74) is -0.287. The summed E-state index contributed by atoms with van der Waals surface area (Å²) < 4.78 is 17.3. The molecule has 0 aliphatic rings. The molecular weight excluding hydrogens is 217 g/mol. The Bertz CT molecular complexity index is 456. The molecule has 0 amide bonds. The van der Waals surface area contributed by atoms with E-state index in [9.17, 15) is 19.3 Å². The molecule has 1 aromatic rings. The Morgan fingerprint density at radius 3 is 2.81 bits per heavy atom. The maximum absolute atomic E-state index is 12.9. The number of hydrogen-bond donors (Lipinski definition) is 0. The van der Waals surface area contributed by atoms with E-state index in [4.69, 9.17) is 0 Å². The van der Waals surface area contributed by atoms with Gasteiger partial charge in [0.25, 0.3) is 0 Å². The summed E-state index contributed by atoms with van der Waals surface area (Å²) in [4.78, 5) is 20.3. The first-order chi connectivity index (χ1) is 7.54. The van der Waals surface area contributed by atoms with Crippen LogP contribution in [-0.4, -0.2) is 18.0 Å². The van der Waals surface area contributed by atoms with Crippen LogP contribution in [0.5, 0.6) is 0 Å². The number of ether oxygens (including phenoxy) is 1. The van der Waals surface area contributed by atoms with Crippen molar-refractivity contribution in [2.45, 2.75) is 0 Å². The lowest BCUT2D eigenvalue weighted by atomic mass is 10.2. The van der Waals surface area contributed by atoms with Gasteiger partial charge in [-0.3, -0.25) is 10.1 Å². The zero-order chi connectivity index (χ0) is 12.1. The second-order valence-electron chi connectivity index (χ2n) is 2.82. The lowest BCUT2D eigenvalue weighted by Gasteiger charge is -1.96. The Kier molecular flexibility index (Phi) is 3.71. The Morgan fingerprint density at radius 1 is 1.56 bits per heavy atom. The first-order valence-corrected chi connectivity index (χ1v) is 4.24. The zero-order valence-corrected chi connectivity index (χ0v) is 8.34. The number of nitro benzene ring substituents is 1. The average molecular weight is 225 g/mol. The van der Waals surface area contributed by atoms with Gasteiger partial charge in [-0.25, -0.2) is 4.79 Å². The lowest BCUT2D eigenvalue weighted by molar-refractivity contribution is -0.387. The molecule has 1 rings (SSSR count). The molecule has 0 unspecified atom stereocenters. The number of halogens is 1. The second-order valence-corrected chi connectivity index (χ2v) is 2.82. The lowest BCUT2D eigenvalue weighted by Crippen LogP contribution is -1.94. The van der Waals surface area contributed by atoms with Crippen molar-refractivity contribution in [2.24, 2.45) is 0 Å². The van der Waals surface area contributed by atoms with Crippen LogP contribution in [0.25, 0.3) is 6.08 Å². The number of nitrogens with zero attached hydrogens (tertiary/aromatic N) is 1. The molecule has 6 heteroatoms. The van der Waals surface area contributed by atoms with Gasteiger partial charge in [-0.2, -0.15) is 4.39 Å². The number of hydrogen-bond acceptors (Lipinski definition) is 4. The van der Waals surface area contributed by atoms with Crippen molar-refractivity contribution in [1.29, 1.82) is 0 Å². The van der Waals surface area contributed by atoms with E-state index in [0.29, 0.717) is 5.56 Å². The summed E-state index contributed by atoms with van der Waals surface area (Å²) >= 11 is 0. The van der Waals surface area contributed by atoms with Crippen LogP contribution in [0.15, 0.2) is 24.3 Å². The molecular formula is C10H8FNO4. The van der Waals surface area contributed by atoms with Gasteiger partial charge in [0.15, 0.2) is 0 Å². The van der Waals surface area contributed by atoms with Crippen LogP contribution in [-0.2, 0) is 9.53 Å². The minimum atomic E-state index is -0.916. The van der Waals surface area contributed by atoms with Crippen LogP contribution in [0.2, 0.25) is 0 Å². The van der Waals surface area contributed by atoms with Gasteiger partial charge in [-0.15, -0.1) is 0 Å². The molecule has 0 atom stereocenters. The SMILES string of the molecule is COC(=O)/C=C\c1ccc(F)c([N+](=O)[O-])c1. The molecule has 0 spiro atoms. The summed E-state index contributed by atoms with van der Waals surface area (Å²) in [5.74, 6) is -1.51. The van der Waals surface area contributed by atoms with Crippen molar-refractivity contribution in [1.82, 2.24) is 0 Å². The molecule has 84 valence electrons. The molecule has 0 aromatic heterocycles. The molecule has 0 heterocycles. The standard InChI is InChI=1S/C10H8FNO4/c1-16-10(13)5-3-7-2-4-8(11)9(6-7)12(14)15/h2-6H,1H3/b5-3-. The van der Waals surface area contributed by atoms with Gasteiger partial charge < -0.3 is 4.74 Å². The number of benzene rings is 1. The molecule has 0 aliphatic carbocycles. The molecule has 0 saturated heterocycles. The molecule has 0 bridgehead atoms. The molecule has 0 saturated carbocycles. The van der Waals surface area contributed by atoms with Crippen LogP contribution in [0.1, 0.15) is 5.56 Å². The van der Waals surface area contributed by atoms with E-state index in [1.54, 1.807) is 0 Å². The van der Waals surface area contributed by atoms with Gasteiger partial charge >= 0.3 is 11.7 Å². The fourth-order valence-corrected chi connectivity index (χ4v) is 1.01. The molecule has 0 fully saturated rings. The quantitative estimate of drug-likeness (QED) is 0.341. The topological polar surface area (TPSA) is 69.4 Å². The van der Waals surface area contributed by atoms with Crippen molar-refractivity contribution in [3.05, 3.63) is 45.8 Å². The Hall–Kier alpha value is -2.24. The average Bonchev–Trinajstić information content (AvgIpc) is 2.27. The second kappa shape index (κ2) is 5.01. The maximum atomic E-state index is 12.9. The van der Waals surface area contributed by atoms with Crippen molar-refractivity contribution in [2.75, 3.05) is 7.11 Å². The number of rotatable bonds is 3. The van der Waals surface area contributed by atoms with Crippen LogP contribution in [0, 0.1) is 15.9 Å². The van der Waals surface area contributed by atoms with Crippen LogP contribution >= 0.6 is 0 Å². The molecule has 0 aliphatic heterocycles. The van der Waals surface area contributed by atoms with Gasteiger partial charge in [0.05, 0.1) is 12.0 Å². The fraction of sp³-hybridized carbons (Fsp3) is 0.100. The van der Waals surface area contributed by atoms with Crippen molar-refractivity contribution in [3.63, 3.8) is 0 Å². The van der Waals surface area contributed by atoms with E-state index in [2.05, 4.69) is 4.74 Å². The van der Waals surface area contributed by atoms with E-state index >= 15 is 0 Å². The van der Waals surface area contributed by atoms with Crippen LogP contribution in [0.4, 0.5) is 10.1 Å². The molecule has 1 aromatic carbocycles. The third-order valence-electron chi connectivity index (χ3n) is 1.78. The highest BCUT2D eigenvalue weighted by molar-refractivity contribution is 5.87. The van der Waals surface area contributed by atoms with Crippen molar-refractivity contribution >= 4 is 17.7 Å². The normalized spacial score (nSPS) is 10.4. The van der Waals surface area contributed by atoms with E-state index in [-0.39, 0.29) is 0 Å². The largest absolute Gasteiger partial charge is 0.466 e. The summed E-state index contributed by atoms with van der Waals surface area (Å²) in [6.45, 7) is 0. The highest BCUT2D eigenvalue weighted by Gasteiger charge is 2.13. The van der Waals surface area contributed by atoms with Crippen LogP contribution < -0.4 is 0 Å². The van der Waals surface area contributed by atoms with Gasteiger partial charge in [0.1, 0.15) is 0 Å². The van der Waals surface area contributed by atoms with Gasteiger partial charge in [0.2, 0.25) is 5.82 Å². The zero-order valence-electron chi connectivity index (χ0n) is 8.34. The van der Waals surface area contributed by atoms with Gasteiger partial charge in [-0.05, 0) is 17.7 Å². The molecule has 0 radical (unpaired) electrons. The Labute approximate surface area is 90.3 Å². The predicted octanol–water partition coefficient (Wildman–Crippen LogP) is 1.92. The van der Waals surface area contributed by atoms with E-state index in [1.807, 2.05) is 0 Å². The number of carbonyl (C=O) groups excluding carboxylic acids is 1. The summed E-state index contributed by atoms with van der Waals surface area (Å²) in [6.07, 6.45) is 2.40. The number of methoxy groups -OCH3 is 1. The van der Waals surface area contributed by atoms with E-state index < -0.39 is 22.4 Å². The summed E-state index contributed by atoms with van der Waals surface area (Å²) in [6, 6.07) is 3.33.